The van der Waals surface area contributed by atoms with Crippen LogP contribution in [0.2, 0.25) is 0 Å². The predicted octanol–water partition coefficient (Wildman–Crippen LogP) is 2.24. The van der Waals surface area contributed by atoms with Crippen molar-refractivity contribution in [2.24, 2.45) is 0 Å². The molecule has 1 aliphatic rings. The fourth-order valence-corrected chi connectivity index (χ4v) is 3.27. The van der Waals surface area contributed by atoms with E-state index in [1.807, 2.05) is 36.5 Å². The van der Waals surface area contributed by atoms with Gasteiger partial charge in [-0.2, -0.15) is 0 Å². The zero-order chi connectivity index (χ0) is 19.8. The largest absolute Gasteiger partial charge is 0.355 e. The lowest BCUT2D eigenvalue weighted by atomic mass is 10.0. The third-order valence-electron chi connectivity index (χ3n) is 4.87. The van der Waals surface area contributed by atoms with Crippen molar-refractivity contribution in [1.82, 2.24) is 20.5 Å². The Morgan fingerprint density at radius 2 is 1.89 bits per heavy atom. The quantitative estimate of drug-likeness (QED) is 0.756. The monoisotopic (exact) mass is 378 g/mol. The maximum Gasteiger partial charge on any atom is 0.251 e. The second kappa shape index (κ2) is 9.80. The van der Waals surface area contributed by atoms with Crippen molar-refractivity contribution in [2.45, 2.75) is 25.4 Å². The number of benzene rings is 1. The van der Waals surface area contributed by atoms with Crippen LogP contribution in [0.4, 0.5) is 0 Å². The lowest BCUT2D eigenvalue weighted by Gasteiger charge is -2.31. The molecule has 0 unspecified atom stereocenters. The van der Waals surface area contributed by atoms with Crippen molar-refractivity contribution in [3.63, 3.8) is 0 Å². The molecule has 2 amide bonds. The third-order valence-corrected chi connectivity index (χ3v) is 4.87. The molecule has 2 aromatic rings. The molecule has 0 atom stereocenters. The molecule has 3 rings (SSSR count). The van der Waals surface area contributed by atoms with Crippen molar-refractivity contribution < 1.29 is 9.59 Å². The fourth-order valence-electron chi connectivity index (χ4n) is 3.27. The molecule has 146 valence electrons. The topological polar surface area (TPSA) is 74.3 Å². The fraction of sp³-hybridized carbons (Fsp3) is 0.318. The molecule has 0 saturated carbocycles. The SMILES string of the molecule is CNC(=O)c1ccc(C=CC(=O)NC2CCN(Cc3ccccn3)CC2)cc1. The first-order chi connectivity index (χ1) is 13.6. The molecule has 0 spiro atoms. The van der Waals surface area contributed by atoms with Crippen LogP contribution in [-0.2, 0) is 11.3 Å². The lowest BCUT2D eigenvalue weighted by Crippen LogP contribution is -2.43. The number of carbonyl (C=O) groups excluding carboxylic acids is 2. The smallest absolute Gasteiger partial charge is 0.251 e. The molecule has 1 aromatic heterocycles. The van der Waals surface area contributed by atoms with Crippen LogP contribution in [0.15, 0.2) is 54.7 Å². The number of rotatable bonds is 6. The van der Waals surface area contributed by atoms with Crippen LogP contribution < -0.4 is 10.6 Å². The highest BCUT2D eigenvalue weighted by Gasteiger charge is 2.20. The zero-order valence-electron chi connectivity index (χ0n) is 16.1. The third kappa shape index (κ3) is 5.76. The number of hydrogen-bond acceptors (Lipinski definition) is 4. The number of carbonyl (C=O) groups is 2. The van der Waals surface area contributed by atoms with E-state index in [4.69, 9.17) is 0 Å². The molecular weight excluding hydrogens is 352 g/mol. The molecule has 0 bridgehead atoms. The van der Waals surface area contributed by atoms with Gasteiger partial charge in [-0.15, -0.1) is 0 Å². The summed E-state index contributed by atoms with van der Waals surface area (Å²) in [6.45, 7) is 2.76. The second-order valence-electron chi connectivity index (χ2n) is 6.91. The van der Waals surface area contributed by atoms with E-state index in [0.717, 1.165) is 43.7 Å². The van der Waals surface area contributed by atoms with Gasteiger partial charge in [0.1, 0.15) is 0 Å². The highest BCUT2D eigenvalue weighted by molar-refractivity contribution is 5.94. The van der Waals surface area contributed by atoms with Crippen LogP contribution in [0.1, 0.15) is 34.5 Å². The Kier molecular flexibility index (Phi) is 6.92. The number of nitrogens with zero attached hydrogens (tertiary/aromatic N) is 2. The minimum atomic E-state index is -0.123. The normalized spacial score (nSPS) is 15.5. The maximum absolute atomic E-state index is 12.2. The summed E-state index contributed by atoms with van der Waals surface area (Å²) >= 11 is 0. The van der Waals surface area contributed by atoms with E-state index in [2.05, 4.69) is 20.5 Å². The average Bonchev–Trinajstić information content (AvgIpc) is 2.74. The van der Waals surface area contributed by atoms with Crippen molar-refractivity contribution >= 4 is 17.9 Å². The first kappa shape index (κ1) is 19.8. The van der Waals surface area contributed by atoms with Gasteiger partial charge in [-0.1, -0.05) is 18.2 Å². The van der Waals surface area contributed by atoms with Gasteiger partial charge in [-0.25, -0.2) is 0 Å². The van der Waals surface area contributed by atoms with Crippen LogP contribution >= 0.6 is 0 Å². The van der Waals surface area contributed by atoms with E-state index in [1.54, 1.807) is 31.3 Å². The van der Waals surface area contributed by atoms with E-state index >= 15 is 0 Å². The molecule has 0 aliphatic carbocycles. The summed E-state index contributed by atoms with van der Waals surface area (Å²) < 4.78 is 0. The van der Waals surface area contributed by atoms with Crippen molar-refractivity contribution in [1.29, 1.82) is 0 Å². The Morgan fingerprint density at radius 3 is 2.54 bits per heavy atom. The summed E-state index contributed by atoms with van der Waals surface area (Å²) in [5.41, 5.74) is 2.56. The Hall–Kier alpha value is -2.99. The van der Waals surface area contributed by atoms with Gasteiger partial charge in [0.2, 0.25) is 5.91 Å². The number of pyridine rings is 1. The van der Waals surface area contributed by atoms with Crippen LogP contribution in [0.25, 0.3) is 6.08 Å². The molecule has 1 saturated heterocycles. The molecule has 6 heteroatoms. The van der Waals surface area contributed by atoms with E-state index in [0.29, 0.717) is 5.56 Å². The molecule has 1 aliphatic heterocycles. The number of amides is 2. The molecule has 2 N–H and O–H groups in total. The Morgan fingerprint density at radius 1 is 1.14 bits per heavy atom. The highest BCUT2D eigenvalue weighted by atomic mass is 16.2. The van der Waals surface area contributed by atoms with Gasteiger partial charge in [0.15, 0.2) is 0 Å². The summed E-state index contributed by atoms with van der Waals surface area (Å²) in [5, 5.41) is 5.67. The summed E-state index contributed by atoms with van der Waals surface area (Å²) in [6, 6.07) is 13.3. The van der Waals surface area contributed by atoms with E-state index in [9.17, 15) is 9.59 Å². The van der Waals surface area contributed by atoms with Crippen molar-refractivity contribution in [2.75, 3.05) is 20.1 Å². The molecule has 28 heavy (non-hydrogen) atoms. The van der Waals surface area contributed by atoms with Gasteiger partial charge in [-0.05, 0) is 48.7 Å². The van der Waals surface area contributed by atoms with Crippen molar-refractivity contribution in [3.8, 4) is 0 Å². The molecule has 1 fully saturated rings. The minimum Gasteiger partial charge on any atom is -0.355 e. The van der Waals surface area contributed by atoms with Gasteiger partial charge >= 0.3 is 0 Å². The van der Waals surface area contributed by atoms with Crippen molar-refractivity contribution in [3.05, 3.63) is 71.6 Å². The summed E-state index contributed by atoms with van der Waals surface area (Å²) in [6.07, 6.45) is 7.01. The van der Waals surface area contributed by atoms with Gasteiger partial charge < -0.3 is 10.6 Å². The molecule has 0 radical (unpaired) electrons. The van der Waals surface area contributed by atoms with Crippen LogP contribution in [0.3, 0.4) is 0 Å². The summed E-state index contributed by atoms with van der Waals surface area (Å²) in [7, 11) is 1.60. The Labute approximate surface area is 165 Å². The summed E-state index contributed by atoms with van der Waals surface area (Å²) in [4.78, 5) is 30.5. The lowest BCUT2D eigenvalue weighted by molar-refractivity contribution is -0.117. The first-order valence-corrected chi connectivity index (χ1v) is 9.57. The molecule has 2 heterocycles. The number of likely N-dealkylation sites (tertiary alicyclic amines) is 1. The zero-order valence-corrected chi connectivity index (χ0v) is 16.1. The molecule has 6 nitrogen and oxygen atoms in total. The standard InChI is InChI=1S/C22H26N4O2/c1-23-22(28)18-8-5-17(6-9-18)7-10-21(27)25-19-11-14-26(15-12-19)16-20-4-2-3-13-24-20/h2-10,13,19H,11-12,14-16H2,1H3,(H,23,28)(H,25,27). The second-order valence-corrected chi connectivity index (χ2v) is 6.91. The minimum absolute atomic E-state index is 0.0847. The van der Waals surface area contributed by atoms with Crippen LogP contribution in [0.5, 0.6) is 0 Å². The highest BCUT2D eigenvalue weighted by Crippen LogP contribution is 2.13. The summed E-state index contributed by atoms with van der Waals surface area (Å²) in [5.74, 6) is -0.207. The number of nitrogens with one attached hydrogen (secondary N) is 2. The molecular formula is C22H26N4O2. The van der Waals surface area contributed by atoms with Gasteiger partial charge in [0, 0.05) is 50.6 Å². The van der Waals surface area contributed by atoms with Crippen LogP contribution in [0, 0.1) is 0 Å². The maximum atomic E-state index is 12.2. The Balaban J connectivity index is 1.43. The Bertz CT molecular complexity index is 810. The van der Waals surface area contributed by atoms with Crippen LogP contribution in [-0.4, -0.2) is 47.9 Å². The van der Waals surface area contributed by atoms with Gasteiger partial charge in [-0.3, -0.25) is 19.5 Å². The predicted molar refractivity (Wildman–Crippen MR) is 110 cm³/mol. The number of aromatic nitrogens is 1. The average molecular weight is 378 g/mol. The number of piperidine rings is 1. The number of hydrogen-bond donors (Lipinski definition) is 2. The van der Waals surface area contributed by atoms with Gasteiger partial charge in [0.25, 0.3) is 5.91 Å². The van der Waals surface area contributed by atoms with E-state index in [-0.39, 0.29) is 17.9 Å². The van der Waals surface area contributed by atoms with E-state index in [1.165, 1.54) is 0 Å². The van der Waals surface area contributed by atoms with Gasteiger partial charge in [0.05, 0.1) is 5.69 Å². The van der Waals surface area contributed by atoms with E-state index < -0.39 is 0 Å². The molecule has 1 aromatic carbocycles. The first-order valence-electron chi connectivity index (χ1n) is 9.57.